The molecule has 3 N–H and O–H groups in total. The molecule has 1 saturated heterocycles. The third kappa shape index (κ3) is 5.09. The van der Waals surface area contributed by atoms with E-state index in [0.717, 1.165) is 28.9 Å². The average molecular weight is 499 g/mol. The smallest absolute Gasteiger partial charge is 0.253 e. The molecule has 2 amide bonds. The number of hydrogen-bond donors (Lipinski definition) is 3. The minimum atomic E-state index is -0.284. The van der Waals surface area contributed by atoms with Crippen molar-refractivity contribution in [2.45, 2.75) is 26.2 Å². The van der Waals surface area contributed by atoms with Crippen molar-refractivity contribution in [3.63, 3.8) is 0 Å². The number of rotatable bonds is 8. The van der Waals surface area contributed by atoms with Crippen molar-refractivity contribution in [3.05, 3.63) is 72.7 Å². The fourth-order valence-electron chi connectivity index (χ4n) is 4.73. The van der Waals surface area contributed by atoms with Gasteiger partial charge in [-0.15, -0.1) is 5.10 Å². The van der Waals surface area contributed by atoms with E-state index in [1.807, 2.05) is 27.9 Å². The molecule has 10 nitrogen and oxygen atoms in total. The van der Waals surface area contributed by atoms with Gasteiger partial charge in [-0.2, -0.15) is 10.1 Å². The first-order valence-corrected chi connectivity index (χ1v) is 12.4. The lowest BCUT2D eigenvalue weighted by molar-refractivity contribution is -0.111. The van der Waals surface area contributed by atoms with Crippen LogP contribution in [0.1, 0.15) is 42.2 Å². The van der Waals surface area contributed by atoms with Crippen molar-refractivity contribution >= 4 is 29.1 Å². The van der Waals surface area contributed by atoms with E-state index in [9.17, 15) is 9.59 Å². The summed E-state index contributed by atoms with van der Waals surface area (Å²) in [5.41, 5.74) is 5.18. The van der Waals surface area contributed by atoms with Crippen LogP contribution in [-0.4, -0.2) is 61.1 Å². The predicted octanol–water partition coefficient (Wildman–Crippen LogP) is 3.94. The Morgan fingerprint density at radius 2 is 2.03 bits per heavy atom. The number of carbonyl (C=O) groups is 2. The summed E-state index contributed by atoms with van der Waals surface area (Å²) in [5.74, 6) is 0.821. The van der Waals surface area contributed by atoms with E-state index in [1.165, 1.54) is 6.08 Å². The summed E-state index contributed by atoms with van der Waals surface area (Å²) in [6.45, 7) is 9.76. The maximum absolute atomic E-state index is 13.0. The zero-order chi connectivity index (χ0) is 25.9. The fraction of sp³-hybridized carbons (Fsp3) is 0.296. The molecule has 0 aliphatic carbocycles. The SMILES string of the molecule is C=CC(=O)Nc1ccc(C(=O)N2CCC(CNc3nc4ccc(-c5cn[nH]c5)c(C(C)C)n4n3)C2)cc1. The summed E-state index contributed by atoms with van der Waals surface area (Å²) in [6, 6.07) is 10.9. The highest BCUT2D eigenvalue weighted by Crippen LogP contribution is 2.29. The molecule has 4 heterocycles. The fourth-order valence-corrected chi connectivity index (χ4v) is 4.73. The van der Waals surface area contributed by atoms with Crippen LogP contribution in [0.15, 0.2) is 61.4 Å². The first-order valence-electron chi connectivity index (χ1n) is 12.4. The third-order valence-electron chi connectivity index (χ3n) is 6.60. The number of H-pyrrole nitrogens is 1. The number of nitrogens with zero attached hydrogens (tertiary/aromatic N) is 5. The summed E-state index contributed by atoms with van der Waals surface area (Å²) in [4.78, 5) is 31.0. The lowest BCUT2D eigenvalue weighted by atomic mass is 10.00. The Hall–Kier alpha value is -4.47. The predicted molar refractivity (Wildman–Crippen MR) is 142 cm³/mol. The maximum Gasteiger partial charge on any atom is 0.253 e. The van der Waals surface area contributed by atoms with Crippen LogP contribution in [0.2, 0.25) is 0 Å². The van der Waals surface area contributed by atoms with E-state index >= 15 is 0 Å². The second-order valence-electron chi connectivity index (χ2n) is 9.54. The molecular formula is C27H30N8O2. The molecule has 190 valence electrons. The molecule has 0 saturated carbocycles. The molecule has 0 bridgehead atoms. The van der Waals surface area contributed by atoms with Crippen molar-refractivity contribution in [3.8, 4) is 11.1 Å². The normalized spacial score (nSPS) is 15.3. The number of anilines is 2. The van der Waals surface area contributed by atoms with Gasteiger partial charge in [-0.05, 0) is 60.7 Å². The highest BCUT2D eigenvalue weighted by Gasteiger charge is 2.27. The number of fused-ring (bicyclic) bond motifs is 1. The quantitative estimate of drug-likeness (QED) is 0.317. The van der Waals surface area contributed by atoms with E-state index in [1.54, 1.807) is 24.3 Å². The molecule has 5 rings (SSSR count). The Bertz CT molecular complexity index is 1420. The van der Waals surface area contributed by atoms with Crippen molar-refractivity contribution in [1.82, 2.24) is 29.7 Å². The summed E-state index contributed by atoms with van der Waals surface area (Å²) in [6.07, 6.45) is 5.80. The van der Waals surface area contributed by atoms with Gasteiger partial charge >= 0.3 is 0 Å². The minimum Gasteiger partial charge on any atom is -0.353 e. The summed E-state index contributed by atoms with van der Waals surface area (Å²) < 4.78 is 1.90. The lowest BCUT2D eigenvalue weighted by Crippen LogP contribution is -2.29. The number of nitrogens with one attached hydrogen (secondary N) is 3. The van der Waals surface area contributed by atoms with E-state index < -0.39 is 0 Å². The average Bonchev–Trinajstić information content (AvgIpc) is 3.67. The molecule has 0 spiro atoms. The molecule has 1 aliphatic rings. The van der Waals surface area contributed by atoms with Gasteiger partial charge in [-0.1, -0.05) is 20.4 Å². The second kappa shape index (κ2) is 10.3. The van der Waals surface area contributed by atoms with Crippen LogP contribution in [-0.2, 0) is 4.79 Å². The lowest BCUT2D eigenvalue weighted by Gasteiger charge is -2.17. The van der Waals surface area contributed by atoms with Gasteiger partial charge in [0.15, 0.2) is 5.65 Å². The van der Waals surface area contributed by atoms with Crippen LogP contribution in [0.5, 0.6) is 0 Å². The number of aromatic amines is 1. The Kier molecular flexibility index (Phi) is 6.72. The van der Waals surface area contributed by atoms with E-state index in [-0.39, 0.29) is 17.7 Å². The van der Waals surface area contributed by atoms with Crippen LogP contribution in [0.4, 0.5) is 11.6 Å². The van der Waals surface area contributed by atoms with E-state index in [0.29, 0.717) is 42.8 Å². The topological polar surface area (TPSA) is 120 Å². The van der Waals surface area contributed by atoms with Crippen molar-refractivity contribution in [2.24, 2.45) is 5.92 Å². The molecule has 10 heteroatoms. The first kappa shape index (κ1) is 24.2. The summed E-state index contributed by atoms with van der Waals surface area (Å²) in [7, 11) is 0. The summed E-state index contributed by atoms with van der Waals surface area (Å²) >= 11 is 0. The molecule has 1 atom stereocenters. The van der Waals surface area contributed by atoms with Gasteiger partial charge in [0.05, 0.1) is 11.9 Å². The molecule has 3 aromatic heterocycles. The number of hydrogen-bond acceptors (Lipinski definition) is 6. The van der Waals surface area contributed by atoms with Crippen LogP contribution in [0.3, 0.4) is 0 Å². The highest BCUT2D eigenvalue weighted by molar-refractivity contribution is 5.99. The van der Waals surface area contributed by atoms with Crippen molar-refractivity contribution in [2.75, 3.05) is 30.3 Å². The maximum atomic E-state index is 13.0. The van der Waals surface area contributed by atoms with Gasteiger partial charge in [0, 0.05) is 48.2 Å². The van der Waals surface area contributed by atoms with Gasteiger partial charge in [-0.25, -0.2) is 4.52 Å². The van der Waals surface area contributed by atoms with Gasteiger partial charge < -0.3 is 15.5 Å². The largest absolute Gasteiger partial charge is 0.353 e. The Labute approximate surface area is 214 Å². The van der Waals surface area contributed by atoms with Crippen LogP contribution < -0.4 is 10.6 Å². The zero-order valence-corrected chi connectivity index (χ0v) is 20.9. The highest BCUT2D eigenvalue weighted by atomic mass is 16.2. The Balaban J connectivity index is 1.22. The molecule has 1 unspecified atom stereocenters. The Morgan fingerprint density at radius 3 is 2.73 bits per heavy atom. The third-order valence-corrected chi connectivity index (χ3v) is 6.60. The number of amides is 2. The zero-order valence-electron chi connectivity index (χ0n) is 20.9. The number of benzene rings is 1. The van der Waals surface area contributed by atoms with Crippen molar-refractivity contribution < 1.29 is 9.59 Å². The van der Waals surface area contributed by atoms with E-state index in [4.69, 9.17) is 5.10 Å². The van der Waals surface area contributed by atoms with Crippen LogP contribution >= 0.6 is 0 Å². The molecule has 1 aliphatic heterocycles. The van der Waals surface area contributed by atoms with Gasteiger partial charge in [0.2, 0.25) is 11.9 Å². The van der Waals surface area contributed by atoms with Crippen molar-refractivity contribution in [1.29, 1.82) is 0 Å². The van der Waals surface area contributed by atoms with Gasteiger partial charge in [-0.3, -0.25) is 14.7 Å². The van der Waals surface area contributed by atoms with Crippen LogP contribution in [0.25, 0.3) is 16.8 Å². The molecular weight excluding hydrogens is 468 g/mol. The van der Waals surface area contributed by atoms with Gasteiger partial charge in [0.1, 0.15) is 0 Å². The Morgan fingerprint density at radius 1 is 1.22 bits per heavy atom. The standard InChI is InChI=1S/C27H30N8O2/c1-4-24(36)31-21-7-5-19(6-8-21)26(37)34-12-11-18(16-34)13-28-27-32-23-10-9-22(20-14-29-30-15-20)25(17(2)3)35(23)33-27/h4-10,14-15,17-18H,1,11-13,16H2,2-3H3,(H,28,33)(H,29,30)(H,31,36). The molecule has 37 heavy (non-hydrogen) atoms. The number of likely N-dealkylation sites (tertiary alicyclic amines) is 1. The number of carbonyl (C=O) groups excluding carboxylic acids is 2. The molecule has 0 radical (unpaired) electrons. The number of aromatic nitrogens is 5. The van der Waals surface area contributed by atoms with Crippen LogP contribution in [0, 0.1) is 5.92 Å². The van der Waals surface area contributed by atoms with Gasteiger partial charge in [0.25, 0.3) is 5.91 Å². The minimum absolute atomic E-state index is 0.0108. The molecule has 4 aromatic rings. The monoisotopic (exact) mass is 498 g/mol. The van der Waals surface area contributed by atoms with E-state index in [2.05, 4.69) is 52.3 Å². The molecule has 1 aromatic carbocycles. The molecule has 1 fully saturated rings. The second-order valence-corrected chi connectivity index (χ2v) is 9.54. The number of pyridine rings is 1. The summed E-state index contributed by atoms with van der Waals surface area (Å²) in [5, 5.41) is 17.8. The first-order chi connectivity index (χ1) is 17.9.